The number of carbonyl (C=O) groups is 2. The minimum atomic E-state index is -1.09. The first-order valence-electron chi connectivity index (χ1n) is 5.02. The van der Waals surface area contributed by atoms with Gasteiger partial charge in [0.15, 0.2) is 0 Å². The number of hydrogen-bond acceptors (Lipinski definition) is 4. The molecule has 1 aliphatic carbocycles. The summed E-state index contributed by atoms with van der Waals surface area (Å²) in [4.78, 5) is 21.9. The van der Waals surface area contributed by atoms with Crippen LogP contribution in [0, 0.1) is 11.8 Å². The van der Waals surface area contributed by atoms with Crippen molar-refractivity contribution in [3.05, 3.63) is 0 Å². The first-order chi connectivity index (χ1) is 7.51. The van der Waals surface area contributed by atoms with Gasteiger partial charge >= 0.3 is 11.9 Å². The van der Waals surface area contributed by atoms with E-state index in [0.29, 0.717) is 0 Å². The smallest absolute Gasteiger partial charge is 0.307 e. The van der Waals surface area contributed by atoms with Gasteiger partial charge in [-0.2, -0.15) is 0 Å². The van der Waals surface area contributed by atoms with Crippen LogP contribution < -0.4 is 0 Å². The van der Waals surface area contributed by atoms with Crippen molar-refractivity contribution < 1.29 is 29.3 Å². The summed E-state index contributed by atoms with van der Waals surface area (Å²) in [6.07, 6.45) is -0.383. The minimum Gasteiger partial charge on any atom is -0.481 e. The Morgan fingerprint density at radius 1 is 0.938 bits per heavy atom. The third-order valence-electron chi connectivity index (χ3n) is 3.11. The van der Waals surface area contributed by atoms with Crippen LogP contribution in [0.2, 0.25) is 0 Å². The highest BCUT2D eigenvalue weighted by Gasteiger charge is 2.44. The summed E-state index contributed by atoms with van der Waals surface area (Å²) >= 11 is 0. The zero-order chi connectivity index (χ0) is 12.3. The Kier molecular flexibility index (Phi) is 4.26. The lowest BCUT2D eigenvalue weighted by atomic mass is 9.76. The third-order valence-corrected chi connectivity index (χ3v) is 3.11. The Balaban J connectivity index is 2.84. The van der Waals surface area contributed by atoms with Crippen molar-refractivity contribution in [2.75, 3.05) is 14.2 Å². The van der Waals surface area contributed by atoms with Crippen molar-refractivity contribution >= 4 is 11.9 Å². The molecule has 4 atom stereocenters. The second-order valence-electron chi connectivity index (χ2n) is 3.91. The topological polar surface area (TPSA) is 93.1 Å². The second kappa shape index (κ2) is 5.27. The van der Waals surface area contributed by atoms with E-state index in [0.717, 1.165) is 0 Å². The SMILES string of the molecule is CO[C@H]1C[C@H](C(=O)O)[C@H](C(=O)O)C[C@H]1OC. The zero-order valence-corrected chi connectivity index (χ0v) is 9.25. The molecule has 0 aromatic rings. The Labute approximate surface area is 93.2 Å². The van der Waals surface area contributed by atoms with Crippen molar-refractivity contribution in [3.63, 3.8) is 0 Å². The zero-order valence-electron chi connectivity index (χ0n) is 9.25. The van der Waals surface area contributed by atoms with Gasteiger partial charge < -0.3 is 19.7 Å². The highest BCUT2D eigenvalue weighted by atomic mass is 16.5. The van der Waals surface area contributed by atoms with E-state index in [2.05, 4.69) is 0 Å². The number of methoxy groups -OCH3 is 2. The Bertz CT molecular complexity index is 248. The van der Waals surface area contributed by atoms with Crippen molar-refractivity contribution in [1.29, 1.82) is 0 Å². The van der Waals surface area contributed by atoms with Crippen molar-refractivity contribution in [3.8, 4) is 0 Å². The molecule has 0 unspecified atom stereocenters. The maximum atomic E-state index is 11.0. The van der Waals surface area contributed by atoms with E-state index in [9.17, 15) is 9.59 Å². The molecule has 92 valence electrons. The van der Waals surface area contributed by atoms with E-state index < -0.39 is 23.8 Å². The van der Waals surface area contributed by atoms with E-state index >= 15 is 0 Å². The molecule has 1 saturated carbocycles. The van der Waals surface area contributed by atoms with E-state index in [1.165, 1.54) is 14.2 Å². The van der Waals surface area contributed by atoms with Gasteiger partial charge in [0, 0.05) is 14.2 Å². The van der Waals surface area contributed by atoms with Crippen molar-refractivity contribution in [2.45, 2.75) is 25.0 Å². The molecular weight excluding hydrogens is 216 g/mol. The lowest BCUT2D eigenvalue weighted by Crippen LogP contribution is -2.46. The monoisotopic (exact) mass is 232 g/mol. The fraction of sp³-hybridized carbons (Fsp3) is 0.800. The Morgan fingerprint density at radius 3 is 1.44 bits per heavy atom. The van der Waals surface area contributed by atoms with Crippen LogP contribution in [0.1, 0.15) is 12.8 Å². The molecule has 0 saturated heterocycles. The summed E-state index contributed by atoms with van der Waals surface area (Å²) in [5.74, 6) is -4.00. The fourth-order valence-corrected chi connectivity index (χ4v) is 2.17. The number of carboxylic acid groups (broad SMARTS) is 2. The molecule has 1 fully saturated rings. The third kappa shape index (κ3) is 2.51. The lowest BCUT2D eigenvalue weighted by Gasteiger charge is -2.36. The van der Waals surface area contributed by atoms with Crippen molar-refractivity contribution in [1.82, 2.24) is 0 Å². The molecule has 0 aromatic carbocycles. The molecule has 0 amide bonds. The predicted octanol–water partition coefficient (Wildman–Crippen LogP) is 0.212. The highest BCUT2D eigenvalue weighted by Crippen LogP contribution is 2.33. The number of hydrogen-bond donors (Lipinski definition) is 2. The van der Waals surface area contributed by atoms with Gasteiger partial charge in [-0.05, 0) is 12.8 Å². The van der Waals surface area contributed by atoms with Crippen LogP contribution in [-0.2, 0) is 19.1 Å². The highest BCUT2D eigenvalue weighted by molar-refractivity contribution is 5.80. The van der Waals surface area contributed by atoms with E-state index in [1.54, 1.807) is 0 Å². The summed E-state index contributed by atoms with van der Waals surface area (Å²) in [5.41, 5.74) is 0. The van der Waals surface area contributed by atoms with Crippen LogP contribution in [0.15, 0.2) is 0 Å². The molecule has 16 heavy (non-hydrogen) atoms. The average Bonchev–Trinajstić information content (AvgIpc) is 2.26. The summed E-state index contributed by atoms with van der Waals surface area (Å²) < 4.78 is 10.2. The molecule has 6 heteroatoms. The van der Waals surface area contributed by atoms with E-state index in [1.807, 2.05) is 0 Å². The van der Waals surface area contributed by atoms with Gasteiger partial charge in [-0.1, -0.05) is 0 Å². The molecular formula is C10H16O6. The molecule has 0 bridgehead atoms. The predicted molar refractivity (Wildman–Crippen MR) is 53.1 cm³/mol. The standard InChI is InChI=1S/C10H16O6/c1-15-7-3-5(9(11)12)6(10(13)14)4-8(7)16-2/h5-8H,3-4H2,1-2H3,(H,11,12)(H,13,14)/t5-,6+,7-,8+. The molecule has 6 nitrogen and oxygen atoms in total. The average molecular weight is 232 g/mol. The van der Waals surface area contributed by atoms with Crippen LogP contribution in [0.3, 0.4) is 0 Å². The van der Waals surface area contributed by atoms with E-state index in [4.69, 9.17) is 19.7 Å². The number of aliphatic carboxylic acids is 2. The maximum absolute atomic E-state index is 11.0. The van der Waals surface area contributed by atoms with Gasteiger partial charge in [-0.25, -0.2) is 0 Å². The largest absolute Gasteiger partial charge is 0.481 e. The molecule has 0 spiro atoms. The summed E-state index contributed by atoms with van der Waals surface area (Å²) in [6.45, 7) is 0. The van der Waals surface area contributed by atoms with Gasteiger partial charge in [0.1, 0.15) is 0 Å². The molecule has 1 aliphatic rings. The maximum Gasteiger partial charge on any atom is 0.307 e. The Morgan fingerprint density at radius 2 is 1.25 bits per heavy atom. The molecule has 0 aromatic heterocycles. The quantitative estimate of drug-likeness (QED) is 0.719. The van der Waals surface area contributed by atoms with E-state index in [-0.39, 0.29) is 25.0 Å². The van der Waals surface area contributed by atoms with Crippen LogP contribution in [0.25, 0.3) is 0 Å². The molecule has 2 N–H and O–H groups in total. The number of carboxylic acids is 2. The summed E-state index contributed by atoms with van der Waals surface area (Å²) in [7, 11) is 2.94. The van der Waals surface area contributed by atoms with Gasteiger partial charge in [-0.3, -0.25) is 9.59 Å². The van der Waals surface area contributed by atoms with Crippen molar-refractivity contribution in [2.24, 2.45) is 11.8 Å². The Hall–Kier alpha value is -1.14. The molecule has 0 aliphatic heterocycles. The first kappa shape index (κ1) is 12.9. The van der Waals surface area contributed by atoms with Crippen LogP contribution in [0.4, 0.5) is 0 Å². The summed E-state index contributed by atoms with van der Waals surface area (Å²) in [6, 6.07) is 0. The molecule has 0 radical (unpaired) electrons. The minimum absolute atomic E-state index is 0.168. The molecule has 0 heterocycles. The van der Waals surface area contributed by atoms with Gasteiger partial charge in [-0.15, -0.1) is 0 Å². The van der Waals surface area contributed by atoms with Crippen LogP contribution >= 0.6 is 0 Å². The van der Waals surface area contributed by atoms with Crippen LogP contribution in [0.5, 0.6) is 0 Å². The van der Waals surface area contributed by atoms with Gasteiger partial charge in [0.25, 0.3) is 0 Å². The fourth-order valence-electron chi connectivity index (χ4n) is 2.17. The van der Waals surface area contributed by atoms with Gasteiger partial charge in [0.05, 0.1) is 24.0 Å². The summed E-state index contributed by atoms with van der Waals surface area (Å²) in [5, 5.41) is 17.9. The first-order valence-corrected chi connectivity index (χ1v) is 5.02. The normalized spacial score (nSPS) is 34.6. The molecule has 1 rings (SSSR count). The lowest BCUT2D eigenvalue weighted by molar-refractivity contribution is -0.165. The number of rotatable bonds is 4. The number of ether oxygens (including phenoxy) is 2. The second-order valence-corrected chi connectivity index (χ2v) is 3.91. The van der Waals surface area contributed by atoms with Crippen LogP contribution in [-0.4, -0.2) is 48.6 Å². The van der Waals surface area contributed by atoms with Gasteiger partial charge in [0.2, 0.25) is 0 Å².